The molecule has 0 radical (unpaired) electrons. The topological polar surface area (TPSA) is 56.5 Å². The van der Waals surface area contributed by atoms with Crippen molar-refractivity contribution in [3.63, 3.8) is 0 Å². The highest BCUT2D eigenvalue weighted by Crippen LogP contribution is 2.29. The zero-order chi connectivity index (χ0) is 15.6. The van der Waals surface area contributed by atoms with Crippen LogP contribution in [0.5, 0.6) is 0 Å². The summed E-state index contributed by atoms with van der Waals surface area (Å²) in [5, 5.41) is 14.0. The minimum absolute atomic E-state index is 0.773. The second-order valence-corrected chi connectivity index (χ2v) is 5.22. The molecule has 4 aromatic rings. The summed E-state index contributed by atoms with van der Waals surface area (Å²) in [7, 11) is 0. The van der Waals surface area contributed by atoms with E-state index in [0.717, 1.165) is 40.1 Å². The van der Waals surface area contributed by atoms with Crippen LogP contribution in [0.15, 0.2) is 60.9 Å². The van der Waals surface area contributed by atoms with E-state index >= 15 is 0 Å². The van der Waals surface area contributed by atoms with E-state index in [1.165, 1.54) is 0 Å². The minimum atomic E-state index is 0.773. The third kappa shape index (κ3) is 2.36. The Morgan fingerprint density at radius 3 is 2.70 bits per heavy atom. The van der Waals surface area contributed by atoms with E-state index in [-0.39, 0.29) is 0 Å². The van der Waals surface area contributed by atoms with Gasteiger partial charge in [0.05, 0.1) is 16.9 Å². The molecule has 0 aliphatic rings. The Bertz CT molecular complexity index is 954. The first-order chi connectivity index (χ1) is 11.4. The number of rotatable bonds is 3. The molecular weight excluding hydrogens is 286 g/mol. The van der Waals surface area contributed by atoms with Crippen molar-refractivity contribution in [2.45, 2.75) is 13.5 Å². The summed E-state index contributed by atoms with van der Waals surface area (Å²) < 4.78 is 1.95. The summed E-state index contributed by atoms with van der Waals surface area (Å²) in [6.07, 6.45) is 3.50. The van der Waals surface area contributed by atoms with Crippen LogP contribution >= 0.6 is 0 Å². The molecule has 0 atom stereocenters. The molecular formula is C18H15N5. The summed E-state index contributed by atoms with van der Waals surface area (Å²) in [4.78, 5) is 4.42. The molecule has 0 aliphatic carbocycles. The molecule has 0 saturated heterocycles. The summed E-state index contributed by atoms with van der Waals surface area (Å²) in [5.74, 6) is 0. The third-order valence-corrected chi connectivity index (χ3v) is 3.84. The lowest BCUT2D eigenvalue weighted by Gasteiger charge is -2.03. The van der Waals surface area contributed by atoms with Crippen molar-refractivity contribution in [1.82, 2.24) is 25.0 Å². The fraction of sp³-hybridized carbons (Fsp3) is 0.111. The Morgan fingerprint density at radius 2 is 1.87 bits per heavy atom. The molecule has 0 spiro atoms. The smallest absolute Gasteiger partial charge is 0.111 e. The second kappa shape index (κ2) is 5.61. The van der Waals surface area contributed by atoms with E-state index in [4.69, 9.17) is 5.10 Å². The van der Waals surface area contributed by atoms with Crippen LogP contribution in [0.4, 0.5) is 0 Å². The molecule has 0 saturated carbocycles. The summed E-state index contributed by atoms with van der Waals surface area (Å²) >= 11 is 0. The standard InChI is InChI=1S/C18H15N5/c1-2-23-18(16-8-5-10-20-21-16)12-17(22-23)14-9-11-19-15-7-4-3-6-13(14)15/h3-12H,2H2,1H3. The minimum Gasteiger partial charge on any atom is -0.263 e. The van der Waals surface area contributed by atoms with Crippen molar-refractivity contribution in [1.29, 1.82) is 0 Å². The molecule has 0 N–H and O–H groups in total. The van der Waals surface area contributed by atoms with Crippen molar-refractivity contribution < 1.29 is 0 Å². The highest BCUT2D eigenvalue weighted by Gasteiger charge is 2.13. The Labute approximate surface area is 133 Å². The number of benzene rings is 1. The maximum atomic E-state index is 4.75. The number of fused-ring (bicyclic) bond motifs is 1. The maximum Gasteiger partial charge on any atom is 0.111 e. The molecule has 0 fully saturated rings. The Kier molecular flexibility index (Phi) is 3.31. The molecule has 3 aromatic heterocycles. The van der Waals surface area contributed by atoms with Gasteiger partial charge in [-0.1, -0.05) is 18.2 Å². The van der Waals surface area contributed by atoms with E-state index < -0.39 is 0 Å². The monoisotopic (exact) mass is 301 g/mol. The van der Waals surface area contributed by atoms with Gasteiger partial charge < -0.3 is 0 Å². The molecule has 5 nitrogen and oxygen atoms in total. The van der Waals surface area contributed by atoms with Gasteiger partial charge in [0, 0.05) is 29.9 Å². The van der Waals surface area contributed by atoms with Gasteiger partial charge in [0.1, 0.15) is 5.69 Å². The first kappa shape index (κ1) is 13.6. The van der Waals surface area contributed by atoms with Crippen LogP contribution in [0.25, 0.3) is 33.5 Å². The van der Waals surface area contributed by atoms with Gasteiger partial charge in [-0.05, 0) is 37.3 Å². The van der Waals surface area contributed by atoms with E-state index in [1.807, 2.05) is 47.3 Å². The van der Waals surface area contributed by atoms with E-state index in [9.17, 15) is 0 Å². The normalized spacial score (nSPS) is 11.0. The maximum absolute atomic E-state index is 4.75. The molecule has 5 heteroatoms. The lowest BCUT2D eigenvalue weighted by Crippen LogP contribution is -2.00. The fourth-order valence-corrected chi connectivity index (χ4v) is 2.75. The van der Waals surface area contributed by atoms with Crippen molar-refractivity contribution in [3.05, 3.63) is 60.9 Å². The largest absolute Gasteiger partial charge is 0.263 e. The van der Waals surface area contributed by atoms with Crippen LogP contribution in [0.2, 0.25) is 0 Å². The molecule has 0 aliphatic heterocycles. The molecule has 0 unspecified atom stereocenters. The van der Waals surface area contributed by atoms with Gasteiger partial charge in [-0.2, -0.15) is 10.2 Å². The Balaban J connectivity index is 1.91. The quantitative estimate of drug-likeness (QED) is 0.580. The summed E-state index contributed by atoms with van der Waals surface area (Å²) in [6.45, 7) is 2.84. The first-order valence-electron chi connectivity index (χ1n) is 7.57. The highest BCUT2D eigenvalue weighted by atomic mass is 15.3. The van der Waals surface area contributed by atoms with Gasteiger partial charge in [0.2, 0.25) is 0 Å². The van der Waals surface area contributed by atoms with Crippen LogP contribution in [-0.2, 0) is 6.54 Å². The molecule has 0 bridgehead atoms. The second-order valence-electron chi connectivity index (χ2n) is 5.22. The fourth-order valence-electron chi connectivity index (χ4n) is 2.75. The van der Waals surface area contributed by atoms with E-state index in [2.05, 4.69) is 34.2 Å². The van der Waals surface area contributed by atoms with Crippen LogP contribution in [0.1, 0.15) is 6.92 Å². The molecule has 4 rings (SSSR count). The predicted molar refractivity (Wildman–Crippen MR) is 89.7 cm³/mol. The number of para-hydroxylation sites is 1. The molecule has 23 heavy (non-hydrogen) atoms. The number of aryl methyl sites for hydroxylation is 1. The van der Waals surface area contributed by atoms with Gasteiger partial charge in [-0.25, -0.2) is 0 Å². The lowest BCUT2D eigenvalue weighted by atomic mass is 10.1. The molecule has 112 valence electrons. The molecule has 3 heterocycles. The molecule has 0 amide bonds. The third-order valence-electron chi connectivity index (χ3n) is 3.84. The predicted octanol–water partition coefficient (Wildman–Crippen LogP) is 3.58. The van der Waals surface area contributed by atoms with Crippen molar-refractivity contribution in [3.8, 4) is 22.6 Å². The van der Waals surface area contributed by atoms with Gasteiger partial charge in [0.25, 0.3) is 0 Å². The number of pyridine rings is 1. The number of nitrogens with zero attached hydrogens (tertiary/aromatic N) is 5. The lowest BCUT2D eigenvalue weighted by molar-refractivity contribution is 0.667. The highest BCUT2D eigenvalue weighted by molar-refractivity contribution is 5.93. The zero-order valence-corrected chi connectivity index (χ0v) is 12.7. The van der Waals surface area contributed by atoms with Gasteiger partial charge in [-0.3, -0.25) is 9.67 Å². The van der Waals surface area contributed by atoms with Crippen LogP contribution in [0.3, 0.4) is 0 Å². The van der Waals surface area contributed by atoms with Crippen molar-refractivity contribution in [2.75, 3.05) is 0 Å². The van der Waals surface area contributed by atoms with Crippen molar-refractivity contribution in [2.24, 2.45) is 0 Å². The average Bonchev–Trinajstić information content (AvgIpc) is 3.06. The van der Waals surface area contributed by atoms with Gasteiger partial charge >= 0.3 is 0 Å². The summed E-state index contributed by atoms with van der Waals surface area (Å²) in [6, 6.07) is 16.0. The van der Waals surface area contributed by atoms with Crippen LogP contribution in [0, 0.1) is 0 Å². The number of hydrogen-bond acceptors (Lipinski definition) is 4. The number of aromatic nitrogens is 5. The zero-order valence-electron chi connectivity index (χ0n) is 12.7. The SMILES string of the molecule is CCn1nc(-c2ccnc3ccccc23)cc1-c1cccnn1. The van der Waals surface area contributed by atoms with E-state index in [1.54, 1.807) is 6.20 Å². The van der Waals surface area contributed by atoms with Crippen molar-refractivity contribution >= 4 is 10.9 Å². The Morgan fingerprint density at radius 1 is 0.957 bits per heavy atom. The van der Waals surface area contributed by atoms with Gasteiger partial charge in [0.15, 0.2) is 0 Å². The number of hydrogen-bond donors (Lipinski definition) is 0. The average molecular weight is 301 g/mol. The summed E-state index contributed by atoms with van der Waals surface area (Å²) in [5.41, 5.74) is 4.76. The first-order valence-corrected chi connectivity index (χ1v) is 7.57. The van der Waals surface area contributed by atoms with Gasteiger partial charge in [-0.15, -0.1) is 5.10 Å². The van der Waals surface area contributed by atoms with E-state index in [0.29, 0.717) is 0 Å². The van der Waals surface area contributed by atoms with Crippen LogP contribution < -0.4 is 0 Å². The van der Waals surface area contributed by atoms with Crippen LogP contribution in [-0.4, -0.2) is 25.0 Å². The molecule has 1 aromatic carbocycles. The Hall–Kier alpha value is -3.08.